The van der Waals surface area contributed by atoms with Gasteiger partial charge in [0.15, 0.2) is 0 Å². The Morgan fingerprint density at radius 2 is 1.65 bits per heavy atom. The topological polar surface area (TPSA) is 15.3 Å². The summed E-state index contributed by atoms with van der Waals surface area (Å²) < 4.78 is 1.40. The first kappa shape index (κ1) is 14.1. The van der Waals surface area contributed by atoms with Gasteiger partial charge in [-0.2, -0.15) is 0 Å². The number of nitrogens with zero attached hydrogens (tertiary/aromatic N) is 2. The summed E-state index contributed by atoms with van der Waals surface area (Å²) in [5, 5.41) is 3.61. The van der Waals surface area contributed by atoms with Crippen LogP contribution in [0.15, 0.2) is 30.3 Å². The Kier molecular flexibility index (Phi) is 4.71. The van der Waals surface area contributed by atoms with E-state index in [1.807, 2.05) is 0 Å². The van der Waals surface area contributed by atoms with Crippen molar-refractivity contribution in [2.24, 2.45) is 0 Å². The second-order valence-electron chi connectivity index (χ2n) is 6.42. The Balaban J connectivity index is 1.29. The van der Waals surface area contributed by atoms with Crippen LogP contribution in [-0.4, -0.2) is 68.3 Å². The van der Waals surface area contributed by atoms with E-state index in [-0.39, 0.29) is 0 Å². The van der Waals surface area contributed by atoms with Gasteiger partial charge in [-0.3, -0.25) is 4.90 Å². The zero-order valence-electron chi connectivity index (χ0n) is 12.6. The van der Waals surface area contributed by atoms with E-state index in [4.69, 9.17) is 0 Å². The van der Waals surface area contributed by atoms with Crippen LogP contribution in [0, 0.1) is 0 Å². The van der Waals surface area contributed by atoms with Crippen LogP contribution in [0.1, 0.15) is 12.0 Å². The third kappa shape index (κ3) is 3.60. The smallest absolute Gasteiger partial charge is 0.0916 e. The van der Waals surface area contributed by atoms with Gasteiger partial charge in [0.2, 0.25) is 0 Å². The molecule has 1 aromatic rings. The normalized spacial score (nSPS) is 28.7. The highest BCUT2D eigenvalue weighted by Gasteiger charge is 2.37. The van der Waals surface area contributed by atoms with Crippen molar-refractivity contribution in [1.82, 2.24) is 10.2 Å². The molecule has 0 radical (unpaired) electrons. The molecule has 3 nitrogen and oxygen atoms in total. The van der Waals surface area contributed by atoms with Gasteiger partial charge >= 0.3 is 0 Å². The summed E-state index contributed by atoms with van der Waals surface area (Å²) in [7, 11) is 0. The summed E-state index contributed by atoms with van der Waals surface area (Å²) >= 11 is 0. The van der Waals surface area contributed by atoms with E-state index in [9.17, 15) is 0 Å². The van der Waals surface area contributed by atoms with E-state index >= 15 is 0 Å². The summed E-state index contributed by atoms with van der Waals surface area (Å²) in [4.78, 5) is 2.62. The van der Waals surface area contributed by atoms with Gasteiger partial charge in [0.05, 0.1) is 26.2 Å². The number of rotatable bonds is 7. The van der Waals surface area contributed by atoms with Crippen LogP contribution in [0.25, 0.3) is 0 Å². The first-order chi connectivity index (χ1) is 9.86. The summed E-state index contributed by atoms with van der Waals surface area (Å²) in [6, 6.07) is 10.8. The summed E-state index contributed by atoms with van der Waals surface area (Å²) in [6.45, 7) is 11.9. The fraction of sp³-hybridized carbons (Fsp3) is 0.647. The molecule has 3 heteroatoms. The van der Waals surface area contributed by atoms with E-state index in [1.165, 1.54) is 68.8 Å². The number of hydrogen-bond donors (Lipinski definition) is 1. The van der Waals surface area contributed by atoms with Crippen LogP contribution in [0.2, 0.25) is 0 Å². The van der Waals surface area contributed by atoms with Crippen LogP contribution in [0.5, 0.6) is 0 Å². The van der Waals surface area contributed by atoms with Gasteiger partial charge in [0.1, 0.15) is 0 Å². The fourth-order valence-corrected chi connectivity index (χ4v) is 3.61. The van der Waals surface area contributed by atoms with Crippen molar-refractivity contribution in [3.8, 4) is 0 Å². The van der Waals surface area contributed by atoms with E-state index in [0.717, 1.165) is 13.0 Å². The van der Waals surface area contributed by atoms with Crippen LogP contribution in [-0.2, 0) is 6.42 Å². The molecule has 3 aliphatic rings. The minimum absolute atomic E-state index is 1.11. The third-order valence-electron chi connectivity index (χ3n) is 5.09. The Labute approximate surface area is 123 Å². The lowest BCUT2D eigenvalue weighted by molar-refractivity contribution is -0.941. The molecule has 0 spiro atoms. The average Bonchev–Trinajstić information content (AvgIpc) is 2.53. The molecule has 2 bridgehead atoms. The molecule has 0 unspecified atom stereocenters. The molecule has 0 atom stereocenters. The maximum Gasteiger partial charge on any atom is 0.0916 e. The van der Waals surface area contributed by atoms with Gasteiger partial charge in [-0.05, 0) is 18.5 Å². The highest BCUT2D eigenvalue weighted by atomic mass is 15.4. The number of fused-ring (bicyclic) bond motifs is 3. The quantitative estimate of drug-likeness (QED) is 0.596. The Hall–Kier alpha value is -0.900. The lowest BCUT2D eigenvalue weighted by Gasteiger charge is -2.50. The first-order valence-corrected chi connectivity index (χ1v) is 8.18. The molecule has 3 heterocycles. The molecule has 3 saturated heterocycles. The molecular weight excluding hydrogens is 246 g/mol. The molecule has 3 fully saturated rings. The zero-order chi connectivity index (χ0) is 13.7. The lowest BCUT2D eigenvalue weighted by Crippen LogP contribution is -2.67. The zero-order valence-corrected chi connectivity index (χ0v) is 12.6. The predicted molar refractivity (Wildman–Crippen MR) is 83.8 cm³/mol. The maximum atomic E-state index is 3.61. The van der Waals surface area contributed by atoms with E-state index in [0.29, 0.717) is 0 Å². The summed E-state index contributed by atoms with van der Waals surface area (Å²) in [5.74, 6) is 0. The molecule has 0 saturated carbocycles. The molecule has 0 amide bonds. The van der Waals surface area contributed by atoms with Crippen LogP contribution in [0.4, 0.5) is 0 Å². The van der Waals surface area contributed by atoms with Crippen molar-refractivity contribution in [2.45, 2.75) is 12.8 Å². The standard InChI is InChI=1S/C17H28N3/c1-2-5-17(6-3-1)7-9-18-8-4-13-20-14-10-19(11-15-20)12-16-20/h1-3,5-6,18H,4,7-16H2/q+1. The van der Waals surface area contributed by atoms with Crippen LogP contribution < -0.4 is 5.32 Å². The molecule has 0 aromatic heterocycles. The van der Waals surface area contributed by atoms with E-state index < -0.39 is 0 Å². The molecule has 4 rings (SSSR count). The van der Waals surface area contributed by atoms with E-state index in [1.54, 1.807) is 0 Å². The first-order valence-electron chi connectivity index (χ1n) is 8.18. The largest absolute Gasteiger partial charge is 0.320 e. The van der Waals surface area contributed by atoms with Crippen molar-refractivity contribution in [3.05, 3.63) is 35.9 Å². The Morgan fingerprint density at radius 3 is 2.35 bits per heavy atom. The molecule has 110 valence electrons. The minimum atomic E-state index is 1.11. The molecule has 1 aromatic carbocycles. The van der Waals surface area contributed by atoms with Crippen molar-refractivity contribution < 1.29 is 4.48 Å². The minimum Gasteiger partial charge on any atom is -0.320 e. The van der Waals surface area contributed by atoms with Crippen molar-refractivity contribution in [1.29, 1.82) is 0 Å². The highest BCUT2D eigenvalue weighted by molar-refractivity contribution is 5.14. The number of quaternary nitrogens is 1. The second kappa shape index (κ2) is 6.70. The van der Waals surface area contributed by atoms with Gasteiger partial charge in [0, 0.05) is 32.6 Å². The molecular formula is C17H28N3+. The number of hydrogen-bond acceptors (Lipinski definition) is 2. The predicted octanol–water partition coefficient (Wildman–Crippen LogP) is 1.35. The maximum absolute atomic E-state index is 3.61. The Bertz CT molecular complexity index is 382. The van der Waals surface area contributed by atoms with Crippen LogP contribution in [0.3, 0.4) is 0 Å². The van der Waals surface area contributed by atoms with Gasteiger partial charge in [-0.15, -0.1) is 0 Å². The Morgan fingerprint density at radius 1 is 0.950 bits per heavy atom. The molecule has 1 N–H and O–H groups in total. The number of nitrogens with one attached hydrogen (secondary N) is 1. The van der Waals surface area contributed by atoms with E-state index in [2.05, 4.69) is 40.5 Å². The monoisotopic (exact) mass is 274 g/mol. The number of benzene rings is 1. The fourth-order valence-electron chi connectivity index (χ4n) is 3.61. The lowest BCUT2D eigenvalue weighted by atomic mass is 10.1. The molecule has 3 aliphatic heterocycles. The summed E-state index contributed by atoms with van der Waals surface area (Å²) in [5.41, 5.74) is 1.44. The number of piperazine rings is 3. The van der Waals surface area contributed by atoms with Crippen LogP contribution >= 0.6 is 0 Å². The SMILES string of the molecule is c1ccc(CCNCCC[N+]23CCN(CC2)CC3)cc1. The summed E-state index contributed by atoms with van der Waals surface area (Å²) in [6.07, 6.45) is 2.48. The molecule has 20 heavy (non-hydrogen) atoms. The van der Waals surface area contributed by atoms with Gasteiger partial charge in [0.25, 0.3) is 0 Å². The van der Waals surface area contributed by atoms with Crippen molar-refractivity contribution in [3.63, 3.8) is 0 Å². The highest BCUT2D eigenvalue weighted by Crippen LogP contribution is 2.19. The van der Waals surface area contributed by atoms with Gasteiger partial charge in [-0.1, -0.05) is 30.3 Å². The van der Waals surface area contributed by atoms with Gasteiger partial charge in [-0.25, -0.2) is 0 Å². The van der Waals surface area contributed by atoms with Crippen molar-refractivity contribution >= 4 is 0 Å². The average molecular weight is 274 g/mol. The van der Waals surface area contributed by atoms with Gasteiger partial charge < -0.3 is 9.80 Å². The van der Waals surface area contributed by atoms with Crippen molar-refractivity contribution in [2.75, 3.05) is 58.9 Å². The second-order valence-corrected chi connectivity index (χ2v) is 6.42. The third-order valence-corrected chi connectivity index (χ3v) is 5.09. The molecule has 0 aliphatic carbocycles.